The highest BCUT2D eigenvalue weighted by atomic mass is 16.1. The molecule has 0 radical (unpaired) electrons. The van der Waals surface area contributed by atoms with Gasteiger partial charge in [-0.25, -0.2) is 0 Å². The SMILES string of the molecule is CCCC(C(=O)NCCC(C)(C)C)C(C)(C)C. The first-order valence-corrected chi connectivity index (χ1v) is 6.85. The average Bonchev–Trinajstić information content (AvgIpc) is 2.09. The van der Waals surface area contributed by atoms with Crippen LogP contribution in [0.2, 0.25) is 0 Å². The predicted octanol–water partition coefficient (Wildman–Crippen LogP) is 4.00. The van der Waals surface area contributed by atoms with Gasteiger partial charge >= 0.3 is 0 Å². The van der Waals surface area contributed by atoms with Crippen molar-refractivity contribution in [3.05, 3.63) is 0 Å². The van der Waals surface area contributed by atoms with E-state index in [9.17, 15) is 4.79 Å². The lowest BCUT2D eigenvalue weighted by atomic mass is 9.77. The monoisotopic (exact) mass is 241 g/mol. The van der Waals surface area contributed by atoms with Crippen LogP contribution in [-0.4, -0.2) is 12.5 Å². The zero-order chi connectivity index (χ0) is 13.7. The van der Waals surface area contributed by atoms with Crippen LogP contribution in [0.5, 0.6) is 0 Å². The summed E-state index contributed by atoms with van der Waals surface area (Å²) in [5.41, 5.74) is 0.344. The second kappa shape index (κ2) is 6.42. The van der Waals surface area contributed by atoms with Crippen LogP contribution in [0, 0.1) is 16.7 Å². The molecule has 0 fully saturated rings. The van der Waals surface area contributed by atoms with Gasteiger partial charge in [0.2, 0.25) is 5.91 Å². The lowest BCUT2D eigenvalue weighted by molar-refractivity contribution is -0.128. The molecular weight excluding hydrogens is 210 g/mol. The van der Waals surface area contributed by atoms with Gasteiger partial charge < -0.3 is 5.32 Å². The highest BCUT2D eigenvalue weighted by molar-refractivity contribution is 5.79. The summed E-state index contributed by atoms with van der Waals surface area (Å²) < 4.78 is 0. The molecule has 1 N–H and O–H groups in total. The normalized spacial score (nSPS) is 14.5. The smallest absolute Gasteiger partial charge is 0.223 e. The average molecular weight is 241 g/mol. The number of nitrogens with one attached hydrogen (secondary N) is 1. The maximum atomic E-state index is 12.2. The minimum absolute atomic E-state index is 0.0574. The Kier molecular flexibility index (Phi) is 6.22. The first kappa shape index (κ1) is 16.5. The Balaban J connectivity index is 4.26. The van der Waals surface area contributed by atoms with Crippen LogP contribution in [0.25, 0.3) is 0 Å². The molecular formula is C15H31NO. The Hall–Kier alpha value is -0.530. The van der Waals surface area contributed by atoms with Crippen LogP contribution in [-0.2, 0) is 4.79 Å². The van der Waals surface area contributed by atoms with Crippen molar-refractivity contribution in [1.29, 1.82) is 0 Å². The summed E-state index contributed by atoms with van der Waals surface area (Å²) in [5, 5.41) is 3.09. The van der Waals surface area contributed by atoms with Crippen LogP contribution in [0.4, 0.5) is 0 Å². The van der Waals surface area contributed by atoms with E-state index in [-0.39, 0.29) is 22.7 Å². The van der Waals surface area contributed by atoms with Crippen molar-refractivity contribution in [3.8, 4) is 0 Å². The number of hydrogen-bond donors (Lipinski definition) is 1. The molecule has 0 aromatic heterocycles. The fourth-order valence-corrected chi connectivity index (χ4v) is 1.93. The number of amides is 1. The maximum Gasteiger partial charge on any atom is 0.223 e. The van der Waals surface area contributed by atoms with E-state index in [4.69, 9.17) is 0 Å². The Morgan fingerprint density at radius 3 is 2.00 bits per heavy atom. The number of rotatable bonds is 5. The Morgan fingerprint density at radius 2 is 1.65 bits per heavy atom. The lowest BCUT2D eigenvalue weighted by Gasteiger charge is -2.30. The van der Waals surface area contributed by atoms with Crippen molar-refractivity contribution in [3.63, 3.8) is 0 Å². The molecule has 0 aliphatic carbocycles. The minimum atomic E-state index is 0.0574. The quantitative estimate of drug-likeness (QED) is 0.774. The van der Waals surface area contributed by atoms with Crippen LogP contribution >= 0.6 is 0 Å². The summed E-state index contributed by atoms with van der Waals surface area (Å²) in [6, 6.07) is 0. The van der Waals surface area contributed by atoms with Crippen LogP contribution < -0.4 is 5.32 Å². The largest absolute Gasteiger partial charge is 0.356 e. The molecule has 0 heterocycles. The van der Waals surface area contributed by atoms with E-state index in [0.717, 1.165) is 25.8 Å². The fourth-order valence-electron chi connectivity index (χ4n) is 1.93. The highest BCUT2D eigenvalue weighted by Crippen LogP contribution is 2.30. The van der Waals surface area contributed by atoms with Gasteiger partial charge in [-0.1, -0.05) is 54.9 Å². The number of hydrogen-bond acceptors (Lipinski definition) is 1. The van der Waals surface area contributed by atoms with E-state index in [1.54, 1.807) is 0 Å². The number of carbonyl (C=O) groups is 1. The molecule has 2 heteroatoms. The van der Waals surface area contributed by atoms with Gasteiger partial charge in [-0.3, -0.25) is 4.79 Å². The van der Waals surface area contributed by atoms with Gasteiger partial charge in [0.1, 0.15) is 0 Å². The van der Waals surface area contributed by atoms with Crippen LogP contribution in [0.15, 0.2) is 0 Å². The summed E-state index contributed by atoms with van der Waals surface area (Å²) >= 11 is 0. The second-order valence-corrected chi connectivity index (χ2v) is 7.31. The fraction of sp³-hybridized carbons (Fsp3) is 0.933. The Bertz CT molecular complexity index is 232. The Labute approximate surface area is 108 Å². The Morgan fingerprint density at radius 1 is 1.12 bits per heavy atom. The van der Waals surface area contributed by atoms with Crippen LogP contribution in [0.3, 0.4) is 0 Å². The van der Waals surface area contributed by atoms with Gasteiger partial charge in [-0.15, -0.1) is 0 Å². The molecule has 0 spiro atoms. The molecule has 0 rings (SSSR count). The van der Waals surface area contributed by atoms with Crippen molar-refractivity contribution >= 4 is 5.91 Å². The zero-order valence-electron chi connectivity index (χ0n) is 12.8. The molecule has 102 valence electrons. The molecule has 1 unspecified atom stereocenters. The van der Waals surface area contributed by atoms with Crippen molar-refractivity contribution in [1.82, 2.24) is 5.32 Å². The van der Waals surface area contributed by atoms with Crippen molar-refractivity contribution < 1.29 is 4.79 Å². The minimum Gasteiger partial charge on any atom is -0.356 e. The molecule has 0 aliphatic rings. The molecule has 1 amide bonds. The second-order valence-electron chi connectivity index (χ2n) is 7.31. The number of carbonyl (C=O) groups excluding carboxylic acids is 1. The summed E-state index contributed by atoms with van der Waals surface area (Å²) in [7, 11) is 0. The predicted molar refractivity (Wildman–Crippen MR) is 74.9 cm³/mol. The third kappa shape index (κ3) is 7.40. The molecule has 0 aromatic carbocycles. The van der Waals surface area contributed by atoms with Crippen molar-refractivity contribution in [2.75, 3.05) is 6.54 Å². The summed E-state index contributed by atoms with van der Waals surface area (Å²) in [6.45, 7) is 16.0. The maximum absolute atomic E-state index is 12.2. The molecule has 0 saturated heterocycles. The van der Waals surface area contributed by atoms with Gasteiger partial charge in [-0.05, 0) is 23.7 Å². The van der Waals surface area contributed by atoms with Gasteiger partial charge in [0, 0.05) is 12.5 Å². The molecule has 2 nitrogen and oxygen atoms in total. The van der Waals surface area contributed by atoms with E-state index < -0.39 is 0 Å². The lowest BCUT2D eigenvalue weighted by Crippen LogP contribution is -2.39. The molecule has 17 heavy (non-hydrogen) atoms. The van der Waals surface area contributed by atoms with Gasteiger partial charge in [-0.2, -0.15) is 0 Å². The third-order valence-electron chi connectivity index (χ3n) is 3.11. The highest BCUT2D eigenvalue weighted by Gasteiger charge is 2.30. The summed E-state index contributed by atoms with van der Waals surface area (Å²) in [5.74, 6) is 0.357. The van der Waals surface area contributed by atoms with E-state index in [1.165, 1.54) is 0 Å². The van der Waals surface area contributed by atoms with Gasteiger partial charge in [0.25, 0.3) is 0 Å². The van der Waals surface area contributed by atoms with E-state index in [0.29, 0.717) is 0 Å². The molecule has 0 saturated carbocycles. The molecule has 0 aliphatic heterocycles. The van der Waals surface area contributed by atoms with E-state index in [1.807, 2.05) is 0 Å². The summed E-state index contributed by atoms with van der Waals surface area (Å²) in [6.07, 6.45) is 3.07. The zero-order valence-corrected chi connectivity index (χ0v) is 12.8. The first-order chi connectivity index (χ1) is 7.58. The van der Waals surface area contributed by atoms with Crippen molar-refractivity contribution in [2.24, 2.45) is 16.7 Å². The first-order valence-electron chi connectivity index (χ1n) is 6.85. The van der Waals surface area contributed by atoms with Crippen LogP contribution in [0.1, 0.15) is 67.7 Å². The van der Waals surface area contributed by atoms with Gasteiger partial charge in [0.05, 0.1) is 0 Å². The van der Waals surface area contributed by atoms with E-state index in [2.05, 4.69) is 53.8 Å². The standard InChI is InChI=1S/C15H31NO/c1-8-9-12(15(5,6)7)13(17)16-11-10-14(2,3)4/h12H,8-11H2,1-7H3,(H,16,17). The van der Waals surface area contributed by atoms with Gasteiger partial charge in [0.15, 0.2) is 0 Å². The van der Waals surface area contributed by atoms with E-state index >= 15 is 0 Å². The third-order valence-corrected chi connectivity index (χ3v) is 3.11. The molecule has 1 atom stereocenters. The topological polar surface area (TPSA) is 29.1 Å². The molecule has 0 bridgehead atoms. The summed E-state index contributed by atoms with van der Waals surface area (Å²) in [4.78, 5) is 12.2. The molecule has 0 aromatic rings. The van der Waals surface area contributed by atoms with Crippen molar-refractivity contribution in [2.45, 2.75) is 67.7 Å².